The van der Waals surface area contributed by atoms with Gasteiger partial charge in [-0.3, -0.25) is 13.5 Å². The van der Waals surface area contributed by atoms with Crippen LogP contribution >= 0.6 is 12.4 Å². The van der Waals surface area contributed by atoms with E-state index in [1.807, 2.05) is 20.8 Å². The van der Waals surface area contributed by atoms with Crippen LogP contribution in [0.25, 0.3) is 22.0 Å². The molecule has 0 saturated carbocycles. The number of rotatable bonds is 5. The second-order valence-electron chi connectivity index (χ2n) is 9.11. The van der Waals surface area contributed by atoms with E-state index in [1.54, 1.807) is 42.5 Å². The summed E-state index contributed by atoms with van der Waals surface area (Å²) in [4.78, 5) is 15.9. The van der Waals surface area contributed by atoms with Gasteiger partial charge in [-0.05, 0) is 52.9 Å². The van der Waals surface area contributed by atoms with Crippen LogP contribution in [0.5, 0.6) is 0 Å². The zero-order chi connectivity index (χ0) is 26.2. The van der Waals surface area contributed by atoms with E-state index in [-0.39, 0.29) is 57.0 Å². The van der Waals surface area contributed by atoms with Crippen LogP contribution in [0.1, 0.15) is 42.3 Å². The van der Waals surface area contributed by atoms with Crippen molar-refractivity contribution in [3.63, 3.8) is 0 Å². The monoisotopic (exact) mass is 538 g/mol. The molecule has 3 aromatic carbocycles. The predicted molar refractivity (Wildman–Crippen MR) is 142 cm³/mol. The third-order valence-corrected chi connectivity index (χ3v) is 6.55. The Bertz CT molecular complexity index is 1560. The van der Waals surface area contributed by atoms with Crippen molar-refractivity contribution < 1.29 is 23.1 Å². The molecule has 1 aromatic heterocycles. The summed E-state index contributed by atoms with van der Waals surface area (Å²) in [5.41, 5.74) is 0.840. The first-order chi connectivity index (χ1) is 17.0. The molecule has 0 aliphatic carbocycles. The largest absolute Gasteiger partial charge is 0.755 e. The van der Waals surface area contributed by atoms with Crippen molar-refractivity contribution in [1.82, 2.24) is 4.98 Å². The fourth-order valence-electron chi connectivity index (χ4n) is 4.04. The van der Waals surface area contributed by atoms with E-state index in [9.17, 15) is 23.9 Å². The summed E-state index contributed by atoms with van der Waals surface area (Å²) >= 11 is -2.86. The predicted octanol–water partition coefficient (Wildman–Crippen LogP) is 6.26. The highest BCUT2D eigenvalue weighted by Gasteiger charge is 2.25. The molecule has 0 radical (unpaired) electrons. The quantitative estimate of drug-likeness (QED) is 0.299. The Kier molecular flexibility index (Phi) is 7.98. The van der Waals surface area contributed by atoms with Gasteiger partial charge in [0.15, 0.2) is 5.82 Å². The molecule has 1 atom stereocenters. The fourth-order valence-corrected chi connectivity index (χ4v) is 4.65. The highest BCUT2D eigenvalue weighted by molar-refractivity contribution is 7.81. The second-order valence-corrected chi connectivity index (χ2v) is 9.91. The number of halogens is 2. The van der Waals surface area contributed by atoms with Crippen LogP contribution < -0.4 is 4.31 Å². The summed E-state index contributed by atoms with van der Waals surface area (Å²) in [6.07, 6.45) is 1.41. The third-order valence-electron chi connectivity index (χ3n) is 5.85. The molecule has 0 fully saturated rings. The number of hydrogen-bond acceptors (Lipinski definition) is 5. The van der Waals surface area contributed by atoms with E-state index in [0.717, 1.165) is 9.87 Å². The summed E-state index contributed by atoms with van der Waals surface area (Å²) in [7, 11) is 0. The SMILES string of the molecule is CC(C)(C)c1ccc(N(c2ccc(C#N)c(F)c2-c2ccc(C(=O)O)c3ncccc23)S(=O)[O-])cc1.Cl. The molecule has 190 valence electrons. The number of benzene rings is 3. The number of hydrogen-bond donors (Lipinski definition) is 1. The number of aromatic carboxylic acids is 1. The first-order valence-electron chi connectivity index (χ1n) is 10.9. The van der Waals surface area contributed by atoms with Crippen molar-refractivity contribution in [3.05, 3.63) is 89.4 Å². The average molecular weight is 539 g/mol. The zero-order valence-electron chi connectivity index (χ0n) is 20.1. The molecule has 1 N–H and O–H groups in total. The highest BCUT2D eigenvalue weighted by Crippen LogP contribution is 2.42. The van der Waals surface area contributed by atoms with Gasteiger partial charge in [-0.15, -0.1) is 12.4 Å². The van der Waals surface area contributed by atoms with Gasteiger partial charge in [-0.2, -0.15) is 5.26 Å². The van der Waals surface area contributed by atoms with Crippen LogP contribution in [-0.4, -0.2) is 24.8 Å². The lowest BCUT2D eigenvalue weighted by Crippen LogP contribution is -2.21. The Morgan fingerprint density at radius 3 is 2.35 bits per heavy atom. The van der Waals surface area contributed by atoms with E-state index in [1.165, 1.54) is 30.5 Å². The molecule has 37 heavy (non-hydrogen) atoms. The molecule has 7 nitrogen and oxygen atoms in total. The van der Waals surface area contributed by atoms with Gasteiger partial charge >= 0.3 is 5.97 Å². The molecule has 0 saturated heterocycles. The summed E-state index contributed by atoms with van der Waals surface area (Å²) in [6.45, 7) is 6.08. The number of nitriles is 1. The first kappa shape index (κ1) is 27.7. The van der Waals surface area contributed by atoms with E-state index >= 15 is 4.39 Å². The van der Waals surface area contributed by atoms with Crippen LogP contribution in [0.2, 0.25) is 0 Å². The third kappa shape index (κ3) is 5.18. The summed E-state index contributed by atoms with van der Waals surface area (Å²) in [6, 6.07) is 17.0. The van der Waals surface area contributed by atoms with Crippen molar-refractivity contribution >= 4 is 51.9 Å². The van der Waals surface area contributed by atoms with E-state index in [2.05, 4.69) is 4.98 Å². The molecule has 1 unspecified atom stereocenters. The number of fused-ring (bicyclic) bond motifs is 1. The molecular formula is C27H22ClFN3O4S-. The maximum absolute atomic E-state index is 15.8. The summed E-state index contributed by atoms with van der Waals surface area (Å²) < 4.78 is 41.7. The molecular weight excluding hydrogens is 517 g/mol. The van der Waals surface area contributed by atoms with Gasteiger partial charge in [0.05, 0.1) is 39.3 Å². The molecule has 0 spiro atoms. The molecule has 4 rings (SSSR count). The number of anilines is 2. The fraction of sp³-hybridized carbons (Fsp3) is 0.148. The van der Waals surface area contributed by atoms with E-state index < -0.39 is 23.1 Å². The van der Waals surface area contributed by atoms with Crippen molar-refractivity contribution in [2.45, 2.75) is 26.2 Å². The molecule has 10 heteroatoms. The first-order valence-corrected chi connectivity index (χ1v) is 11.9. The standard InChI is InChI=1S/C27H22FN3O4S.ClH/c1-27(2,3)17-7-9-18(10-8-17)31(36(34)35)22-13-6-16(15-29)24(28)23(22)19-11-12-21(26(32)33)25-20(19)5-4-14-30-25;/h4-14H,1-3H3,(H,32,33)(H,34,35);1H/p-1. The van der Waals surface area contributed by atoms with Crippen LogP contribution in [0, 0.1) is 17.1 Å². The molecule has 1 heterocycles. The molecule has 0 amide bonds. The number of nitrogens with zero attached hydrogens (tertiary/aromatic N) is 3. The number of carboxylic acids is 1. The van der Waals surface area contributed by atoms with E-state index in [4.69, 9.17) is 0 Å². The number of aromatic nitrogens is 1. The van der Waals surface area contributed by atoms with Crippen molar-refractivity contribution in [1.29, 1.82) is 5.26 Å². The lowest BCUT2D eigenvalue weighted by Gasteiger charge is -2.30. The number of carboxylic acid groups (broad SMARTS) is 1. The Balaban J connectivity index is 0.00000380. The smallest absolute Gasteiger partial charge is 0.337 e. The minimum atomic E-state index is -2.86. The lowest BCUT2D eigenvalue weighted by molar-refractivity contribution is 0.0699. The zero-order valence-corrected chi connectivity index (χ0v) is 21.7. The van der Waals surface area contributed by atoms with Gasteiger partial charge in [-0.25, -0.2) is 9.18 Å². The average Bonchev–Trinajstić information content (AvgIpc) is 2.83. The summed E-state index contributed by atoms with van der Waals surface area (Å²) in [5, 5.41) is 19.3. The number of carbonyl (C=O) groups is 1. The normalized spacial score (nSPS) is 11.9. The maximum atomic E-state index is 15.8. The summed E-state index contributed by atoms with van der Waals surface area (Å²) in [5.74, 6) is -2.14. The van der Waals surface area contributed by atoms with Crippen molar-refractivity contribution in [3.8, 4) is 17.2 Å². The topological polar surface area (TPSA) is 117 Å². The van der Waals surface area contributed by atoms with Gasteiger partial charge in [-0.1, -0.05) is 45.0 Å². The Labute approximate surface area is 222 Å². The maximum Gasteiger partial charge on any atom is 0.337 e. The Morgan fingerprint density at radius 1 is 1.11 bits per heavy atom. The molecule has 0 aliphatic rings. The minimum Gasteiger partial charge on any atom is -0.755 e. The minimum absolute atomic E-state index is 0. The van der Waals surface area contributed by atoms with Gasteiger partial charge in [0.2, 0.25) is 0 Å². The molecule has 0 aliphatic heterocycles. The highest BCUT2D eigenvalue weighted by atomic mass is 35.5. The van der Waals surface area contributed by atoms with Crippen LogP contribution in [0.15, 0.2) is 66.9 Å². The van der Waals surface area contributed by atoms with Crippen molar-refractivity contribution in [2.24, 2.45) is 0 Å². The van der Waals surface area contributed by atoms with Crippen molar-refractivity contribution in [2.75, 3.05) is 4.31 Å². The van der Waals surface area contributed by atoms with Gasteiger partial charge in [0.25, 0.3) is 0 Å². The molecule has 4 aromatic rings. The van der Waals surface area contributed by atoms with Gasteiger partial charge < -0.3 is 9.66 Å². The Morgan fingerprint density at radius 2 is 1.78 bits per heavy atom. The van der Waals surface area contributed by atoms with E-state index in [0.29, 0.717) is 5.39 Å². The molecule has 0 bridgehead atoms. The number of pyridine rings is 1. The van der Waals surface area contributed by atoms with Crippen LogP contribution in [-0.2, 0) is 16.7 Å². The van der Waals surface area contributed by atoms with Crippen LogP contribution in [0.4, 0.5) is 15.8 Å². The Hall–Kier alpha value is -3.84. The lowest BCUT2D eigenvalue weighted by atomic mass is 9.87. The van der Waals surface area contributed by atoms with Gasteiger partial charge in [0.1, 0.15) is 6.07 Å². The van der Waals surface area contributed by atoms with Gasteiger partial charge in [0, 0.05) is 17.1 Å². The van der Waals surface area contributed by atoms with Crippen LogP contribution in [0.3, 0.4) is 0 Å². The second kappa shape index (κ2) is 10.6.